The molecular formula is C51H82O22. The summed E-state index contributed by atoms with van der Waals surface area (Å²) in [6, 6.07) is 0. The van der Waals surface area contributed by atoms with E-state index in [1.54, 1.807) is 0 Å². The number of hydrogen-bond acceptors (Lipinski definition) is 21. The molecule has 22 heteroatoms. The van der Waals surface area contributed by atoms with Gasteiger partial charge >= 0.3 is 5.97 Å². The number of aliphatic hydroxyl groups is 12. The second kappa shape index (κ2) is 19.9. The number of ether oxygens (including phenoxy) is 8. The van der Waals surface area contributed by atoms with Gasteiger partial charge in [-0.2, -0.15) is 0 Å². The third kappa shape index (κ3) is 8.90. The zero-order chi connectivity index (χ0) is 53.3. The van der Waals surface area contributed by atoms with E-state index in [9.17, 15) is 71.2 Å². The lowest BCUT2D eigenvalue weighted by Gasteiger charge is -2.72. The Morgan fingerprint density at radius 1 is 0.603 bits per heavy atom. The topological polar surface area (TPSA) is 354 Å². The van der Waals surface area contributed by atoms with E-state index in [0.29, 0.717) is 32.1 Å². The first kappa shape index (κ1) is 56.1. The summed E-state index contributed by atoms with van der Waals surface area (Å²) in [5.74, 6) is -1.62. The van der Waals surface area contributed by atoms with Crippen molar-refractivity contribution >= 4 is 5.97 Å². The average molecular weight is 1050 g/mol. The van der Waals surface area contributed by atoms with Crippen LogP contribution >= 0.6 is 0 Å². The minimum Gasteiger partial charge on any atom is -0.479 e. The summed E-state index contributed by atoms with van der Waals surface area (Å²) in [6.45, 7) is 13.8. The van der Waals surface area contributed by atoms with E-state index >= 15 is 0 Å². The highest BCUT2D eigenvalue weighted by Crippen LogP contribution is 2.76. The van der Waals surface area contributed by atoms with Crippen LogP contribution in [-0.4, -0.2) is 222 Å². The first-order valence-electron chi connectivity index (χ1n) is 26.2. The number of aliphatic carboxylic acids is 1. The molecule has 22 nitrogen and oxygen atoms in total. The molecule has 418 valence electrons. The van der Waals surface area contributed by atoms with Crippen molar-refractivity contribution in [3.05, 3.63) is 11.6 Å². The molecule has 0 aromatic rings. The lowest BCUT2D eigenvalue weighted by Crippen LogP contribution is -2.69. The first-order valence-corrected chi connectivity index (χ1v) is 26.2. The van der Waals surface area contributed by atoms with Crippen LogP contribution in [-0.2, 0) is 42.7 Å². The Morgan fingerprint density at radius 2 is 1.18 bits per heavy atom. The molecule has 28 atom stereocenters. The van der Waals surface area contributed by atoms with Crippen LogP contribution in [0.1, 0.15) is 99.8 Å². The van der Waals surface area contributed by atoms with Gasteiger partial charge in [0.15, 0.2) is 31.3 Å². The van der Waals surface area contributed by atoms with Crippen molar-refractivity contribution in [2.45, 2.75) is 223 Å². The lowest BCUT2D eigenvalue weighted by atomic mass is 9.33. The maximum Gasteiger partial charge on any atom is 0.335 e. The van der Waals surface area contributed by atoms with Crippen LogP contribution in [0.15, 0.2) is 11.6 Å². The van der Waals surface area contributed by atoms with Crippen molar-refractivity contribution in [1.82, 2.24) is 0 Å². The van der Waals surface area contributed by atoms with Crippen LogP contribution in [0.5, 0.6) is 0 Å². The molecule has 4 saturated carbocycles. The summed E-state index contributed by atoms with van der Waals surface area (Å²) in [6.07, 6.45) is -22.3. The van der Waals surface area contributed by atoms with Gasteiger partial charge < -0.3 is 104 Å². The second-order valence-corrected chi connectivity index (χ2v) is 25.1. The van der Waals surface area contributed by atoms with Gasteiger partial charge in [0, 0.05) is 10.8 Å². The second-order valence-electron chi connectivity index (χ2n) is 25.1. The Balaban J connectivity index is 0.956. The SMILES string of the molecule is CC1(C)C[C@H]2C3=CC[C@H]4[C@]5(C)CC[C@H](O[C@@H]6O[C@@H](C(=O)O)[C@H](O)[C@H](O)[C@H]6O[C@@H]6OC[C@H](O)[C@H](O)[C@H]6O)[C@@](C)(CO)[C@H]5CC[C@]4(C)[C@@]3(C)CC[C@]2(C)[C@@H](O[C@H]2OC[C@@H](O)[C@H](O[C@@H]3OC[C@@H](O)[C@H](O)[C@@H]3O)[C@H]2O)[C@H]1O. The molecule has 0 radical (unpaired) electrons. The predicted octanol–water partition coefficient (Wildman–Crippen LogP) is -1.61. The Kier molecular flexibility index (Phi) is 15.3. The summed E-state index contributed by atoms with van der Waals surface area (Å²) in [5, 5.41) is 140. The standard InChI is InChI=1S/C51H82O22/c1-46(2)16-22-21-8-9-27-48(4)12-11-28(69-45-38(32(59)31(58)37(71-45)41(64)65)72-43-34(61)30(57)24(54)18-67-43)49(5,20-52)26(48)10-13-51(27,7)50(21,6)15-14-47(22,3)40(39(46)63)73-44-35(62)36(25(55)19-68-44)70-42-33(60)29(56)23(53)17-66-42/h8,22-40,42-45,52-63H,9-20H2,1-7H3,(H,64,65)/t22-,23+,24-,25+,26-,27-,28-,29-,30-,31+,32-,33-,34+,35+,36-,37+,38+,39+,40-,42-,43-,44+,45+,47-,48+,49-,50-,51-/m0/s1. The minimum atomic E-state index is -1.98. The van der Waals surface area contributed by atoms with Gasteiger partial charge in [0.1, 0.15) is 73.2 Å². The van der Waals surface area contributed by atoms with Crippen molar-refractivity contribution in [3.63, 3.8) is 0 Å². The molecule has 4 heterocycles. The maximum absolute atomic E-state index is 12.3. The highest BCUT2D eigenvalue weighted by molar-refractivity contribution is 5.73. The molecule has 73 heavy (non-hydrogen) atoms. The van der Waals surface area contributed by atoms with Crippen molar-refractivity contribution < 1.29 is 109 Å². The third-order valence-corrected chi connectivity index (χ3v) is 20.7. The summed E-state index contributed by atoms with van der Waals surface area (Å²) >= 11 is 0. The Labute approximate surface area is 425 Å². The van der Waals surface area contributed by atoms with Gasteiger partial charge in [0.2, 0.25) is 0 Å². The molecule has 0 spiro atoms. The molecule has 0 aromatic carbocycles. The molecule has 0 aromatic heterocycles. The smallest absolute Gasteiger partial charge is 0.335 e. The molecule has 4 aliphatic heterocycles. The minimum absolute atomic E-state index is 0.0653. The van der Waals surface area contributed by atoms with Crippen LogP contribution in [0.4, 0.5) is 0 Å². The van der Waals surface area contributed by atoms with E-state index in [1.807, 2.05) is 20.8 Å². The monoisotopic (exact) mass is 1050 g/mol. The highest BCUT2D eigenvalue weighted by Gasteiger charge is 2.71. The molecule has 0 bridgehead atoms. The number of carboxylic acid groups (broad SMARTS) is 1. The molecule has 0 unspecified atom stereocenters. The van der Waals surface area contributed by atoms with Gasteiger partial charge in [-0.15, -0.1) is 0 Å². The molecule has 8 fully saturated rings. The van der Waals surface area contributed by atoms with E-state index in [2.05, 4.69) is 33.8 Å². The molecule has 5 aliphatic carbocycles. The normalized spacial score (nSPS) is 56.0. The van der Waals surface area contributed by atoms with E-state index in [1.165, 1.54) is 5.57 Å². The zero-order valence-electron chi connectivity index (χ0n) is 42.8. The summed E-state index contributed by atoms with van der Waals surface area (Å²) in [4.78, 5) is 12.3. The van der Waals surface area contributed by atoms with E-state index in [4.69, 9.17) is 37.9 Å². The largest absolute Gasteiger partial charge is 0.479 e. The lowest BCUT2D eigenvalue weighted by molar-refractivity contribution is -0.367. The number of aliphatic hydroxyl groups excluding tert-OH is 12. The van der Waals surface area contributed by atoms with Crippen molar-refractivity contribution in [2.24, 2.45) is 50.2 Å². The average Bonchev–Trinajstić information content (AvgIpc) is 3.33. The fourth-order valence-corrected chi connectivity index (χ4v) is 15.9. The molecule has 13 N–H and O–H groups in total. The Hall–Kier alpha value is -1.59. The van der Waals surface area contributed by atoms with Gasteiger partial charge in [-0.3, -0.25) is 0 Å². The van der Waals surface area contributed by atoms with E-state index in [0.717, 1.165) is 19.3 Å². The van der Waals surface area contributed by atoms with Crippen molar-refractivity contribution in [3.8, 4) is 0 Å². The molecular weight excluding hydrogens is 965 g/mol. The Bertz CT molecular complexity index is 2030. The summed E-state index contributed by atoms with van der Waals surface area (Å²) in [5.41, 5.74) is -1.87. The number of rotatable bonds is 10. The van der Waals surface area contributed by atoms with Gasteiger partial charge in [-0.25, -0.2) is 4.79 Å². The van der Waals surface area contributed by atoms with E-state index in [-0.39, 0.29) is 53.8 Å². The van der Waals surface area contributed by atoms with Crippen LogP contribution < -0.4 is 0 Å². The number of carbonyl (C=O) groups is 1. The fraction of sp³-hybridized carbons (Fsp3) is 0.941. The number of hydrogen-bond donors (Lipinski definition) is 13. The van der Waals surface area contributed by atoms with Crippen molar-refractivity contribution in [1.29, 1.82) is 0 Å². The number of fused-ring (bicyclic) bond motifs is 7. The van der Waals surface area contributed by atoms with Crippen LogP contribution in [0.2, 0.25) is 0 Å². The summed E-state index contributed by atoms with van der Waals surface area (Å²) < 4.78 is 47.8. The van der Waals surface area contributed by atoms with Crippen LogP contribution in [0, 0.1) is 50.2 Å². The maximum atomic E-state index is 12.3. The number of allylic oxidation sites excluding steroid dienone is 2. The molecule has 9 aliphatic rings. The zero-order valence-corrected chi connectivity index (χ0v) is 42.8. The third-order valence-electron chi connectivity index (χ3n) is 20.7. The van der Waals surface area contributed by atoms with Gasteiger partial charge in [-0.05, 0) is 90.8 Å². The fourth-order valence-electron chi connectivity index (χ4n) is 15.9. The van der Waals surface area contributed by atoms with Crippen LogP contribution in [0.25, 0.3) is 0 Å². The highest BCUT2D eigenvalue weighted by atomic mass is 16.8. The predicted molar refractivity (Wildman–Crippen MR) is 248 cm³/mol. The first-order chi connectivity index (χ1) is 34.1. The molecule has 9 rings (SSSR count). The van der Waals surface area contributed by atoms with Crippen LogP contribution in [0.3, 0.4) is 0 Å². The number of carboxylic acids is 1. The van der Waals surface area contributed by atoms with Gasteiger partial charge in [0.25, 0.3) is 0 Å². The quantitative estimate of drug-likeness (QED) is 0.0865. The van der Waals surface area contributed by atoms with Gasteiger partial charge in [0.05, 0.1) is 44.7 Å². The molecule has 0 amide bonds. The van der Waals surface area contributed by atoms with Gasteiger partial charge in [-0.1, -0.05) is 60.1 Å². The van der Waals surface area contributed by atoms with E-state index < -0.39 is 152 Å². The molecule has 4 saturated heterocycles. The van der Waals surface area contributed by atoms with Crippen molar-refractivity contribution in [2.75, 3.05) is 26.4 Å². The summed E-state index contributed by atoms with van der Waals surface area (Å²) in [7, 11) is 0. The Morgan fingerprint density at radius 3 is 1.77 bits per heavy atom.